The molecule has 16 heavy (non-hydrogen) atoms. The predicted octanol–water partition coefficient (Wildman–Crippen LogP) is 0.772. The van der Waals surface area contributed by atoms with E-state index >= 15 is 0 Å². The summed E-state index contributed by atoms with van der Waals surface area (Å²) < 4.78 is 5.36. The zero-order valence-electron chi connectivity index (χ0n) is 11.0. The van der Waals surface area contributed by atoms with Gasteiger partial charge in [0, 0.05) is 31.0 Å². The molecule has 1 aliphatic rings. The van der Waals surface area contributed by atoms with Crippen molar-refractivity contribution in [3.63, 3.8) is 0 Å². The molecule has 0 heterocycles. The fourth-order valence-corrected chi connectivity index (χ4v) is 2.24. The van der Waals surface area contributed by atoms with E-state index in [1.165, 1.54) is 0 Å². The molecule has 94 valence electrons. The van der Waals surface area contributed by atoms with Crippen LogP contribution in [0.1, 0.15) is 27.2 Å². The predicted molar refractivity (Wildman–Crippen MR) is 64.2 cm³/mol. The lowest BCUT2D eigenvalue weighted by Gasteiger charge is -2.51. The average Bonchev–Trinajstić information content (AvgIpc) is 2.23. The molecule has 0 aromatic carbocycles. The first-order valence-corrected chi connectivity index (χ1v) is 5.91. The van der Waals surface area contributed by atoms with Crippen LogP contribution in [0.5, 0.6) is 0 Å². The fraction of sp³-hybridized carbons (Fsp3) is 0.917. The fourth-order valence-electron chi connectivity index (χ4n) is 2.24. The van der Waals surface area contributed by atoms with Crippen LogP contribution in [0.3, 0.4) is 0 Å². The summed E-state index contributed by atoms with van der Waals surface area (Å²) in [5, 5.41) is 6.11. The SMILES string of the molecule is CNCC(C)C(=O)NC1CC(OC)C1(C)C. The van der Waals surface area contributed by atoms with Gasteiger partial charge in [-0.05, 0) is 13.5 Å². The van der Waals surface area contributed by atoms with Crippen molar-refractivity contribution >= 4 is 5.91 Å². The Morgan fingerprint density at radius 2 is 2.19 bits per heavy atom. The summed E-state index contributed by atoms with van der Waals surface area (Å²) in [7, 11) is 3.59. The minimum atomic E-state index is 0.0161. The molecular weight excluding hydrogens is 204 g/mol. The summed E-state index contributed by atoms with van der Waals surface area (Å²) in [4.78, 5) is 11.8. The van der Waals surface area contributed by atoms with Crippen LogP contribution in [-0.4, -0.2) is 38.8 Å². The van der Waals surface area contributed by atoms with Gasteiger partial charge in [-0.2, -0.15) is 0 Å². The minimum absolute atomic E-state index is 0.0161. The van der Waals surface area contributed by atoms with Gasteiger partial charge in [0.25, 0.3) is 0 Å². The number of ether oxygens (including phenoxy) is 1. The topological polar surface area (TPSA) is 50.4 Å². The number of hydrogen-bond donors (Lipinski definition) is 2. The van der Waals surface area contributed by atoms with Gasteiger partial charge in [0.2, 0.25) is 5.91 Å². The van der Waals surface area contributed by atoms with Crippen LogP contribution in [0.15, 0.2) is 0 Å². The largest absolute Gasteiger partial charge is 0.381 e. The van der Waals surface area contributed by atoms with E-state index in [1.54, 1.807) is 7.11 Å². The molecule has 1 amide bonds. The maximum Gasteiger partial charge on any atom is 0.224 e. The minimum Gasteiger partial charge on any atom is -0.381 e. The Morgan fingerprint density at radius 3 is 2.62 bits per heavy atom. The standard InChI is InChI=1S/C12H24N2O2/c1-8(7-13-4)11(15)14-9-6-10(16-5)12(9,2)3/h8-10,13H,6-7H2,1-5H3,(H,14,15). The average molecular weight is 228 g/mol. The van der Waals surface area contributed by atoms with Gasteiger partial charge in [-0.15, -0.1) is 0 Å². The van der Waals surface area contributed by atoms with Crippen LogP contribution >= 0.6 is 0 Å². The second-order valence-corrected chi connectivity index (χ2v) is 5.30. The molecule has 4 heteroatoms. The molecule has 0 radical (unpaired) electrons. The van der Waals surface area contributed by atoms with Crippen LogP contribution in [-0.2, 0) is 9.53 Å². The number of nitrogens with one attached hydrogen (secondary N) is 2. The quantitative estimate of drug-likeness (QED) is 0.731. The third-order valence-electron chi connectivity index (χ3n) is 3.74. The van der Waals surface area contributed by atoms with E-state index in [0.29, 0.717) is 6.54 Å². The first-order valence-electron chi connectivity index (χ1n) is 5.91. The number of carbonyl (C=O) groups is 1. The first-order chi connectivity index (χ1) is 7.43. The molecule has 1 rings (SSSR count). The Balaban J connectivity index is 2.42. The Kier molecular flexibility index (Phi) is 4.33. The number of amides is 1. The van der Waals surface area contributed by atoms with Crippen molar-refractivity contribution in [2.75, 3.05) is 20.7 Å². The lowest BCUT2D eigenvalue weighted by Crippen LogP contribution is -2.62. The van der Waals surface area contributed by atoms with Gasteiger partial charge in [-0.1, -0.05) is 20.8 Å². The normalized spacial score (nSPS) is 29.3. The van der Waals surface area contributed by atoms with Crippen molar-refractivity contribution in [2.24, 2.45) is 11.3 Å². The van der Waals surface area contributed by atoms with Crippen molar-refractivity contribution in [1.82, 2.24) is 10.6 Å². The summed E-state index contributed by atoms with van der Waals surface area (Å²) in [6.07, 6.45) is 1.18. The van der Waals surface area contributed by atoms with Gasteiger partial charge in [0.15, 0.2) is 0 Å². The summed E-state index contributed by atoms with van der Waals surface area (Å²) in [5.74, 6) is 0.143. The van der Waals surface area contributed by atoms with E-state index < -0.39 is 0 Å². The molecule has 1 fully saturated rings. The van der Waals surface area contributed by atoms with Crippen LogP contribution in [0.25, 0.3) is 0 Å². The Bertz CT molecular complexity index is 253. The van der Waals surface area contributed by atoms with E-state index in [9.17, 15) is 4.79 Å². The molecule has 0 aliphatic heterocycles. The smallest absolute Gasteiger partial charge is 0.224 e. The zero-order chi connectivity index (χ0) is 12.3. The third kappa shape index (κ3) is 2.55. The molecule has 1 saturated carbocycles. The number of rotatable bonds is 5. The number of carbonyl (C=O) groups excluding carboxylic acids is 1. The maximum absolute atomic E-state index is 11.8. The monoisotopic (exact) mass is 228 g/mol. The van der Waals surface area contributed by atoms with E-state index in [4.69, 9.17) is 4.74 Å². The second kappa shape index (κ2) is 5.15. The van der Waals surface area contributed by atoms with E-state index in [-0.39, 0.29) is 29.4 Å². The molecule has 4 nitrogen and oxygen atoms in total. The highest BCUT2D eigenvalue weighted by molar-refractivity contribution is 5.79. The summed E-state index contributed by atoms with van der Waals surface area (Å²) >= 11 is 0. The number of methoxy groups -OCH3 is 1. The van der Waals surface area contributed by atoms with Gasteiger partial charge < -0.3 is 15.4 Å². The molecule has 3 unspecified atom stereocenters. The maximum atomic E-state index is 11.8. The molecule has 0 aromatic rings. The Labute approximate surface area is 98.1 Å². The molecule has 0 aromatic heterocycles. The Hall–Kier alpha value is -0.610. The molecule has 1 aliphatic carbocycles. The van der Waals surface area contributed by atoms with Crippen LogP contribution in [0, 0.1) is 11.3 Å². The van der Waals surface area contributed by atoms with Gasteiger partial charge in [-0.25, -0.2) is 0 Å². The van der Waals surface area contributed by atoms with Crippen molar-refractivity contribution in [1.29, 1.82) is 0 Å². The molecule has 2 N–H and O–H groups in total. The van der Waals surface area contributed by atoms with Crippen LogP contribution in [0.4, 0.5) is 0 Å². The van der Waals surface area contributed by atoms with Crippen molar-refractivity contribution in [3.05, 3.63) is 0 Å². The highest BCUT2D eigenvalue weighted by Crippen LogP contribution is 2.42. The zero-order valence-corrected chi connectivity index (χ0v) is 11.0. The van der Waals surface area contributed by atoms with Crippen LogP contribution in [0.2, 0.25) is 0 Å². The molecule has 0 saturated heterocycles. The second-order valence-electron chi connectivity index (χ2n) is 5.30. The number of hydrogen-bond acceptors (Lipinski definition) is 3. The van der Waals surface area contributed by atoms with Gasteiger partial charge in [0.05, 0.1) is 6.10 Å². The highest BCUT2D eigenvalue weighted by atomic mass is 16.5. The van der Waals surface area contributed by atoms with Gasteiger partial charge in [0.1, 0.15) is 0 Å². The molecule has 0 spiro atoms. The molecule has 3 atom stereocenters. The van der Waals surface area contributed by atoms with E-state index in [0.717, 1.165) is 6.42 Å². The lowest BCUT2D eigenvalue weighted by atomic mass is 9.64. The van der Waals surface area contributed by atoms with Crippen molar-refractivity contribution in [3.8, 4) is 0 Å². The molecular formula is C12H24N2O2. The summed E-state index contributed by atoms with van der Waals surface area (Å²) in [6, 6.07) is 0.240. The summed E-state index contributed by atoms with van der Waals surface area (Å²) in [6.45, 7) is 6.93. The lowest BCUT2D eigenvalue weighted by molar-refractivity contribution is -0.135. The first kappa shape index (κ1) is 13.5. The van der Waals surface area contributed by atoms with Gasteiger partial charge >= 0.3 is 0 Å². The Morgan fingerprint density at radius 1 is 1.56 bits per heavy atom. The summed E-state index contributed by atoms with van der Waals surface area (Å²) in [5.41, 5.74) is 0.0454. The third-order valence-corrected chi connectivity index (χ3v) is 3.74. The van der Waals surface area contributed by atoms with Crippen molar-refractivity contribution < 1.29 is 9.53 Å². The van der Waals surface area contributed by atoms with E-state index in [1.807, 2.05) is 14.0 Å². The van der Waals surface area contributed by atoms with Crippen LogP contribution < -0.4 is 10.6 Å². The highest BCUT2D eigenvalue weighted by Gasteiger charge is 2.49. The van der Waals surface area contributed by atoms with Crippen molar-refractivity contribution in [2.45, 2.75) is 39.3 Å². The van der Waals surface area contributed by atoms with E-state index in [2.05, 4.69) is 24.5 Å². The molecule has 0 bridgehead atoms. The van der Waals surface area contributed by atoms with Gasteiger partial charge in [-0.3, -0.25) is 4.79 Å².